The second-order valence-electron chi connectivity index (χ2n) is 6.22. The summed E-state index contributed by atoms with van der Waals surface area (Å²) in [6, 6.07) is 9.62. The molecule has 1 saturated carbocycles. The van der Waals surface area contributed by atoms with Crippen LogP contribution in [0.5, 0.6) is 0 Å². The van der Waals surface area contributed by atoms with Crippen LogP contribution in [0.4, 0.5) is 5.82 Å². The summed E-state index contributed by atoms with van der Waals surface area (Å²) in [4.78, 5) is 31.0. The number of pyridine rings is 2. The van der Waals surface area contributed by atoms with Gasteiger partial charge in [0.15, 0.2) is 0 Å². The molecule has 25 heavy (non-hydrogen) atoms. The Morgan fingerprint density at radius 1 is 1.16 bits per heavy atom. The van der Waals surface area contributed by atoms with Crippen molar-refractivity contribution in [3.05, 3.63) is 59.4 Å². The second-order valence-corrected chi connectivity index (χ2v) is 6.22. The van der Waals surface area contributed by atoms with E-state index in [0.717, 1.165) is 40.3 Å². The summed E-state index contributed by atoms with van der Waals surface area (Å²) in [7, 11) is 0. The van der Waals surface area contributed by atoms with Gasteiger partial charge in [0, 0.05) is 35.5 Å². The number of hydrogen-bond acceptors (Lipinski definition) is 5. The molecule has 1 aliphatic rings. The molecule has 4 rings (SSSR count). The van der Waals surface area contributed by atoms with Gasteiger partial charge < -0.3 is 5.32 Å². The highest BCUT2D eigenvalue weighted by molar-refractivity contribution is 5.96. The first-order valence-electron chi connectivity index (χ1n) is 8.17. The van der Waals surface area contributed by atoms with Crippen molar-refractivity contribution in [2.45, 2.75) is 19.4 Å². The predicted octanol–water partition coefficient (Wildman–Crippen LogP) is 3.91. The maximum absolute atomic E-state index is 11.9. The Bertz CT molecular complexity index is 967. The molecule has 0 bridgehead atoms. The van der Waals surface area contributed by atoms with E-state index < -0.39 is 0 Å². The molecule has 1 fully saturated rings. The van der Waals surface area contributed by atoms with Crippen molar-refractivity contribution in [2.24, 2.45) is 11.1 Å². The van der Waals surface area contributed by atoms with Crippen LogP contribution < -0.4 is 5.32 Å². The second kappa shape index (κ2) is 6.39. The lowest BCUT2D eigenvalue weighted by molar-refractivity contribution is -0.117. The molecule has 2 aromatic heterocycles. The molecule has 124 valence electrons. The number of benzene rings is 1. The molecule has 1 aromatic carbocycles. The molecule has 0 radical (unpaired) electrons. The Morgan fingerprint density at radius 2 is 2.04 bits per heavy atom. The van der Waals surface area contributed by atoms with E-state index in [4.69, 9.17) is 0 Å². The van der Waals surface area contributed by atoms with Crippen LogP contribution in [0.2, 0.25) is 0 Å². The minimum absolute atomic E-state index is 0.0461. The molecule has 1 amide bonds. The minimum Gasteiger partial charge on any atom is -0.310 e. The van der Waals surface area contributed by atoms with Gasteiger partial charge in [-0.1, -0.05) is 17.3 Å². The largest absolute Gasteiger partial charge is 0.310 e. The summed E-state index contributed by atoms with van der Waals surface area (Å²) < 4.78 is 0. The standard InChI is InChI=1S/C19H16N4O2/c24-19(12-1-2-12)23-18-8-13-3-4-14(7-16(13)9-21-18)17-11-20-6-5-15(17)10-22-25/h3-9,11-12H,1-2,10H2,(H,21,23,24). The molecule has 1 N–H and O–H groups in total. The highest BCUT2D eigenvalue weighted by Gasteiger charge is 2.29. The van der Waals surface area contributed by atoms with Gasteiger partial charge in [0.1, 0.15) is 12.4 Å². The van der Waals surface area contributed by atoms with E-state index in [-0.39, 0.29) is 18.4 Å². The van der Waals surface area contributed by atoms with Gasteiger partial charge in [-0.3, -0.25) is 9.78 Å². The van der Waals surface area contributed by atoms with Crippen LogP contribution in [0.25, 0.3) is 21.9 Å². The average Bonchev–Trinajstić information content (AvgIpc) is 3.47. The van der Waals surface area contributed by atoms with Crippen molar-refractivity contribution >= 4 is 22.5 Å². The SMILES string of the molecule is O=NCc1ccncc1-c1ccc2cc(NC(=O)C3CC3)ncc2c1. The summed E-state index contributed by atoms with van der Waals surface area (Å²) in [6.45, 7) is 0.111. The fourth-order valence-electron chi connectivity index (χ4n) is 2.84. The van der Waals surface area contributed by atoms with Gasteiger partial charge in [-0.2, -0.15) is 4.91 Å². The number of amides is 1. The van der Waals surface area contributed by atoms with Crippen LogP contribution >= 0.6 is 0 Å². The van der Waals surface area contributed by atoms with Gasteiger partial charge >= 0.3 is 0 Å². The van der Waals surface area contributed by atoms with E-state index in [2.05, 4.69) is 20.5 Å². The summed E-state index contributed by atoms with van der Waals surface area (Å²) in [5.74, 6) is 0.768. The summed E-state index contributed by atoms with van der Waals surface area (Å²) >= 11 is 0. The quantitative estimate of drug-likeness (QED) is 0.718. The van der Waals surface area contributed by atoms with Gasteiger partial charge in [-0.15, -0.1) is 0 Å². The third-order valence-electron chi connectivity index (χ3n) is 4.38. The maximum Gasteiger partial charge on any atom is 0.228 e. The monoisotopic (exact) mass is 332 g/mol. The third-order valence-corrected chi connectivity index (χ3v) is 4.38. The van der Waals surface area contributed by atoms with E-state index in [0.29, 0.717) is 5.82 Å². The molecule has 0 saturated heterocycles. The fourth-order valence-corrected chi connectivity index (χ4v) is 2.84. The Labute approximate surface area is 144 Å². The predicted molar refractivity (Wildman–Crippen MR) is 95.8 cm³/mol. The van der Waals surface area contributed by atoms with Gasteiger partial charge in [0.05, 0.1) is 0 Å². The molecule has 0 unspecified atom stereocenters. The van der Waals surface area contributed by atoms with Crippen LogP contribution in [-0.2, 0) is 11.3 Å². The number of nitrogens with zero attached hydrogens (tertiary/aromatic N) is 3. The molecule has 1 aliphatic carbocycles. The zero-order chi connectivity index (χ0) is 17.2. The molecular weight excluding hydrogens is 316 g/mol. The first-order chi connectivity index (χ1) is 12.2. The van der Waals surface area contributed by atoms with E-state index in [1.807, 2.05) is 24.3 Å². The Hall–Kier alpha value is -3.15. The number of carbonyl (C=O) groups excluding carboxylic acids is 1. The van der Waals surface area contributed by atoms with Crippen LogP contribution in [0.1, 0.15) is 18.4 Å². The number of rotatable bonds is 5. The Balaban J connectivity index is 1.66. The summed E-state index contributed by atoms with van der Waals surface area (Å²) in [6.07, 6.45) is 7.06. The number of aromatic nitrogens is 2. The van der Waals surface area contributed by atoms with Crippen molar-refractivity contribution in [3.8, 4) is 11.1 Å². The number of nitroso groups, excluding NO2 is 1. The number of nitrogens with one attached hydrogen (secondary N) is 1. The molecule has 6 nitrogen and oxygen atoms in total. The lowest BCUT2D eigenvalue weighted by Crippen LogP contribution is -2.14. The summed E-state index contributed by atoms with van der Waals surface area (Å²) in [5, 5.41) is 7.79. The molecule has 6 heteroatoms. The topological polar surface area (TPSA) is 84.3 Å². The number of carbonyl (C=O) groups is 1. The van der Waals surface area contributed by atoms with Crippen molar-refractivity contribution < 1.29 is 4.79 Å². The van der Waals surface area contributed by atoms with E-state index >= 15 is 0 Å². The molecule has 3 aromatic rings. The fraction of sp³-hybridized carbons (Fsp3) is 0.211. The van der Waals surface area contributed by atoms with E-state index in [1.54, 1.807) is 24.7 Å². The van der Waals surface area contributed by atoms with E-state index in [1.165, 1.54) is 0 Å². The van der Waals surface area contributed by atoms with Crippen LogP contribution in [-0.4, -0.2) is 15.9 Å². The van der Waals surface area contributed by atoms with Crippen LogP contribution in [0.3, 0.4) is 0 Å². The zero-order valence-electron chi connectivity index (χ0n) is 13.5. The van der Waals surface area contributed by atoms with Crippen molar-refractivity contribution in [1.82, 2.24) is 9.97 Å². The van der Waals surface area contributed by atoms with Crippen molar-refractivity contribution in [1.29, 1.82) is 0 Å². The van der Waals surface area contributed by atoms with Gasteiger partial charge in [0.2, 0.25) is 5.91 Å². The minimum atomic E-state index is 0.0461. The number of anilines is 1. The van der Waals surface area contributed by atoms with Gasteiger partial charge in [-0.05, 0) is 47.6 Å². The Kier molecular flexibility index (Phi) is 3.93. The molecule has 0 atom stereocenters. The molecular formula is C19H16N4O2. The lowest BCUT2D eigenvalue weighted by Gasteiger charge is -2.09. The first kappa shape index (κ1) is 15.4. The molecule has 0 spiro atoms. The third kappa shape index (κ3) is 3.24. The van der Waals surface area contributed by atoms with Gasteiger partial charge in [0.25, 0.3) is 0 Å². The van der Waals surface area contributed by atoms with Crippen LogP contribution in [0, 0.1) is 10.8 Å². The molecule has 2 heterocycles. The van der Waals surface area contributed by atoms with Crippen molar-refractivity contribution in [2.75, 3.05) is 5.32 Å². The Morgan fingerprint density at radius 3 is 2.84 bits per heavy atom. The van der Waals surface area contributed by atoms with E-state index in [9.17, 15) is 9.70 Å². The highest BCUT2D eigenvalue weighted by Crippen LogP contribution is 2.31. The maximum atomic E-state index is 11.9. The smallest absolute Gasteiger partial charge is 0.228 e. The zero-order valence-corrected chi connectivity index (χ0v) is 13.5. The normalized spacial score (nSPS) is 13.6. The van der Waals surface area contributed by atoms with Crippen LogP contribution in [0.15, 0.2) is 54.1 Å². The number of hydrogen-bond donors (Lipinski definition) is 1. The summed E-state index contributed by atoms with van der Waals surface area (Å²) in [5.41, 5.74) is 2.68. The van der Waals surface area contributed by atoms with Gasteiger partial charge in [-0.25, -0.2) is 4.98 Å². The number of fused-ring (bicyclic) bond motifs is 1. The first-order valence-corrected chi connectivity index (χ1v) is 8.17. The van der Waals surface area contributed by atoms with Crippen molar-refractivity contribution in [3.63, 3.8) is 0 Å². The lowest BCUT2D eigenvalue weighted by atomic mass is 9.99. The highest BCUT2D eigenvalue weighted by atomic mass is 16.3. The average molecular weight is 332 g/mol. The molecule has 0 aliphatic heterocycles.